The molecule has 0 heterocycles. The van der Waals surface area contributed by atoms with Crippen molar-refractivity contribution in [2.75, 3.05) is 0 Å². The number of hydrogen-bond acceptors (Lipinski definition) is 2. The van der Waals surface area contributed by atoms with Crippen molar-refractivity contribution in [3.8, 4) is 0 Å². The molecule has 24 heavy (non-hydrogen) atoms. The Morgan fingerprint density at radius 1 is 1.29 bits per heavy atom. The standard InChI is InChI=1S/C18H22BrF3O2/c1-17(2,3)24-16(23)15-12(10-19)4-5-13(20)14(15)11-6-8-18(21,22)9-7-11/h4-5,11H,6-10H2,1-3H3. The Bertz CT molecular complexity index is 613. The molecule has 0 bridgehead atoms. The van der Waals surface area contributed by atoms with Gasteiger partial charge >= 0.3 is 5.97 Å². The van der Waals surface area contributed by atoms with Gasteiger partial charge in [-0.3, -0.25) is 0 Å². The smallest absolute Gasteiger partial charge is 0.339 e. The summed E-state index contributed by atoms with van der Waals surface area (Å²) in [5.74, 6) is -4.24. The number of esters is 1. The number of rotatable bonds is 3. The first-order valence-electron chi connectivity index (χ1n) is 8.02. The summed E-state index contributed by atoms with van der Waals surface area (Å²) in [6, 6.07) is 2.83. The third kappa shape index (κ3) is 4.52. The molecule has 1 aliphatic rings. The van der Waals surface area contributed by atoms with Gasteiger partial charge in [-0.05, 0) is 51.2 Å². The van der Waals surface area contributed by atoms with Gasteiger partial charge in [0.15, 0.2) is 0 Å². The van der Waals surface area contributed by atoms with Crippen LogP contribution in [0.4, 0.5) is 13.2 Å². The molecule has 0 aliphatic heterocycles. The zero-order valence-corrected chi connectivity index (χ0v) is 15.7. The van der Waals surface area contributed by atoms with Crippen LogP contribution in [0.1, 0.15) is 73.9 Å². The van der Waals surface area contributed by atoms with Crippen LogP contribution < -0.4 is 0 Å². The summed E-state index contributed by atoms with van der Waals surface area (Å²) >= 11 is 3.31. The summed E-state index contributed by atoms with van der Waals surface area (Å²) < 4.78 is 46.8. The van der Waals surface area contributed by atoms with E-state index in [4.69, 9.17) is 4.74 Å². The van der Waals surface area contributed by atoms with Gasteiger partial charge in [-0.1, -0.05) is 22.0 Å². The minimum Gasteiger partial charge on any atom is -0.456 e. The monoisotopic (exact) mass is 406 g/mol. The van der Waals surface area contributed by atoms with Crippen molar-refractivity contribution in [3.63, 3.8) is 0 Å². The molecule has 0 radical (unpaired) electrons. The summed E-state index contributed by atoms with van der Waals surface area (Å²) in [6.45, 7) is 5.20. The number of carbonyl (C=O) groups is 1. The molecule has 2 nitrogen and oxygen atoms in total. The molecule has 0 N–H and O–H groups in total. The van der Waals surface area contributed by atoms with Crippen LogP contribution in [0.2, 0.25) is 0 Å². The lowest BCUT2D eigenvalue weighted by Gasteiger charge is -2.30. The van der Waals surface area contributed by atoms with E-state index in [1.54, 1.807) is 20.8 Å². The van der Waals surface area contributed by atoms with Crippen molar-refractivity contribution in [2.24, 2.45) is 0 Å². The second-order valence-electron chi connectivity index (χ2n) is 7.26. The zero-order valence-electron chi connectivity index (χ0n) is 14.1. The summed E-state index contributed by atoms with van der Waals surface area (Å²) in [6.07, 6.45) is -0.260. The second kappa shape index (κ2) is 7.06. The van der Waals surface area contributed by atoms with E-state index in [1.807, 2.05) is 0 Å². The van der Waals surface area contributed by atoms with Gasteiger partial charge in [0, 0.05) is 23.7 Å². The van der Waals surface area contributed by atoms with Crippen molar-refractivity contribution in [1.82, 2.24) is 0 Å². The quantitative estimate of drug-likeness (QED) is 0.456. The van der Waals surface area contributed by atoms with E-state index in [1.165, 1.54) is 12.1 Å². The number of hydrogen-bond donors (Lipinski definition) is 0. The van der Waals surface area contributed by atoms with Gasteiger partial charge in [-0.15, -0.1) is 0 Å². The van der Waals surface area contributed by atoms with E-state index < -0.39 is 29.2 Å². The molecule has 1 aliphatic carbocycles. The first-order chi connectivity index (χ1) is 11.0. The summed E-state index contributed by atoms with van der Waals surface area (Å²) in [5, 5.41) is 0.359. The van der Waals surface area contributed by atoms with Gasteiger partial charge in [-0.25, -0.2) is 18.0 Å². The van der Waals surface area contributed by atoms with Crippen LogP contribution in [0.5, 0.6) is 0 Å². The molecule has 1 fully saturated rings. The minimum absolute atomic E-state index is 0.158. The fourth-order valence-corrected chi connectivity index (χ4v) is 3.52. The van der Waals surface area contributed by atoms with Gasteiger partial charge in [0.25, 0.3) is 0 Å². The van der Waals surface area contributed by atoms with E-state index in [-0.39, 0.29) is 36.8 Å². The molecule has 134 valence electrons. The normalized spacial score (nSPS) is 18.5. The lowest BCUT2D eigenvalue weighted by atomic mass is 9.79. The van der Waals surface area contributed by atoms with Crippen LogP contribution in [0.3, 0.4) is 0 Å². The largest absolute Gasteiger partial charge is 0.456 e. The van der Waals surface area contributed by atoms with Gasteiger partial charge in [0.1, 0.15) is 11.4 Å². The van der Waals surface area contributed by atoms with Gasteiger partial charge < -0.3 is 4.74 Å². The van der Waals surface area contributed by atoms with E-state index >= 15 is 0 Å². The zero-order chi connectivity index (χ0) is 18.1. The molecule has 2 rings (SSSR count). The van der Waals surface area contributed by atoms with Crippen molar-refractivity contribution < 1.29 is 22.7 Å². The van der Waals surface area contributed by atoms with Crippen molar-refractivity contribution in [3.05, 3.63) is 34.6 Å². The maximum atomic E-state index is 14.5. The fraction of sp³-hybridized carbons (Fsp3) is 0.611. The fourth-order valence-electron chi connectivity index (χ4n) is 3.05. The Hall–Kier alpha value is -1.04. The van der Waals surface area contributed by atoms with Gasteiger partial charge in [-0.2, -0.15) is 0 Å². The van der Waals surface area contributed by atoms with E-state index in [0.29, 0.717) is 10.9 Å². The van der Waals surface area contributed by atoms with Crippen molar-refractivity contribution in [2.45, 2.75) is 69.2 Å². The number of benzene rings is 1. The Morgan fingerprint density at radius 3 is 2.38 bits per heavy atom. The van der Waals surface area contributed by atoms with E-state index in [9.17, 15) is 18.0 Å². The van der Waals surface area contributed by atoms with Crippen molar-refractivity contribution >= 4 is 21.9 Å². The molecule has 0 atom stereocenters. The Balaban J connectivity index is 2.45. The highest BCUT2D eigenvalue weighted by Crippen LogP contribution is 2.43. The van der Waals surface area contributed by atoms with Crippen molar-refractivity contribution in [1.29, 1.82) is 0 Å². The van der Waals surface area contributed by atoms with Crippen LogP contribution in [0.25, 0.3) is 0 Å². The topological polar surface area (TPSA) is 26.3 Å². The number of halogens is 4. The molecule has 0 unspecified atom stereocenters. The molecular weight excluding hydrogens is 385 g/mol. The van der Waals surface area contributed by atoms with E-state index in [0.717, 1.165) is 0 Å². The Morgan fingerprint density at radius 2 is 1.88 bits per heavy atom. The molecule has 1 aromatic rings. The van der Waals surface area contributed by atoms with Crippen LogP contribution in [0.15, 0.2) is 12.1 Å². The highest BCUT2D eigenvalue weighted by molar-refractivity contribution is 9.08. The maximum absolute atomic E-state index is 14.5. The first-order valence-corrected chi connectivity index (χ1v) is 9.14. The Labute approximate surface area is 148 Å². The highest BCUT2D eigenvalue weighted by Gasteiger charge is 2.38. The predicted octanol–water partition coefficient (Wildman–Crippen LogP) is 5.97. The van der Waals surface area contributed by atoms with Crippen LogP contribution in [-0.4, -0.2) is 17.5 Å². The summed E-state index contributed by atoms with van der Waals surface area (Å²) in [5.41, 5.74) is 0.288. The summed E-state index contributed by atoms with van der Waals surface area (Å²) in [4.78, 5) is 12.6. The Kier molecular flexibility index (Phi) is 5.68. The lowest BCUT2D eigenvalue weighted by molar-refractivity contribution is -0.0385. The number of alkyl halides is 3. The molecule has 0 saturated heterocycles. The van der Waals surface area contributed by atoms with Gasteiger partial charge in [0.05, 0.1) is 5.56 Å². The first kappa shape index (κ1) is 19.3. The molecule has 0 aromatic heterocycles. The average Bonchev–Trinajstić information content (AvgIpc) is 2.45. The third-order valence-corrected chi connectivity index (χ3v) is 4.76. The maximum Gasteiger partial charge on any atom is 0.339 e. The van der Waals surface area contributed by atoms with Crippen LogP contribution in [0, 0.1) is 5.82 Å². The minimum atomic E-state index is -2.70. The number of ether oxygens (including phenoxy) is 1. The second-order valence-corrected chi connectivity index (χ2v) is 7.82. The molecule has 0 amide bonds. The summed E-state index contributed by atoms with van der Waals surface area (Å²) in [7, 11) is 0. The molecular formula is C18H22BrF3O2. The van der Waals surface area contributed by atoms with E-state index in [2.05, 4.69) is 15.9 Å². The van der Waals surface area contributed by atoms with Gasteiger partial charge in [0.2, 0.25) is 5.92 Å². The lowest BCUT2D eigenvalue weighted by Crippen LogP contribution is -2.28. The SMILES string of the molecule is CC(C)(C)OC(=O)c1c(CBr)ccc(F)c1C1CCC(F)(F)CC1. The predicted molar refractivity (Wildman–Crippen MR) is 90.4 cm³/mol. The van der Waals surface area contributed by atoms with Crippen LogP contribution >= 0.6 is 15.9 Å². The third-order valence-electron chi connectivity index (χ3n) is 4.15. The number of carbonyl (C=O) groups excluding carboxylic acids is 1. The molecule has 0 spiro atoms. The molecule has 1 aromatic carbocycles. The molecule has 6 heteroatoms. The molecule has 1 saturated carbocycles. The highest BCUT2D eigenvalue weighted by atomic mass is 79.9. The van der Waals surface area contributed by atoms with Crippen LogP contribution in [-0.2, 0) is 10.1 Å². The average molecular weight is 407 g/mol.